The molecule has 0 bridgehead atoms. The van der Waals surface area contributed by atoms with E-state index in [2.05, 4.69) is 5.32 Å². The highest BCUT2D eigenvalue weighted by Crippen LogP contribution is 2.26. The van der Waals surface area contributed by atoms with Crippen molar-refractivity contribution in [3.63, 3.8) is 0 Å². The fraction of sp³-hybridized carbons (Fsp3) is 0.111. The van der Waals surface area contributed by atoms with Crippen LogP contribution in [0.3, 0.4) is 0 Å². The molecule has 1 N–H and O–H groups in total. The van der Waals surface area contributed by atoms with Crippen LogP contribution in [0, 0.1) is 6.92 Å². The van der Waals surface area contributed by atoms with E-state index in [1.165, 1.54) is 18.2 Å². The van der Waals surface area contributed by atoms with Gasteiger partial charge in [-0.05, 0) is 55.0 Å². The molecule has 1 aliphatic rings. The number of nitrogens with zero attached hydrogens (tertiary/aromatic N) is 1. The van der Waals surface area contributed by atoms with Gasteiger partial charge >= 0.3 is 0 Å². The van der Waals surface area contributed by atoms with Gasteiger partial charge in [0.05, 0.1) is 12.0 Å². The van der Waals surface area contributed by atoms with Gasteiger partial charge in [0, 0.05) is 0 Å². The molecule has 0 saturated carbocycles. The van der Waals surface area contributed by atoms with Crippen LogP contribution in [0.4, 0.5) is 0 Å². The molecule has 8 heteroatoms. The predicted molar refractivity (Wildman–Crippen MR) is 102 cm³/mol. The van der Waals surface area contributed by atoms with Crippen LogP contribution in [0.1, 0.15) is 11.1 Å². The number of carbonyl (C=O) groups is 1. The Labute approximate surface area is 157 Å². The molecular formula is C18H16N2O4S2. The summed E-state index contributed by atoms with van der Waals surface area (Å²) in [6.45, 7) is 1.86. The number of thiocarbonyl (C=S) groups is 1. The summed E-state index contributed by atoms with van der Waals surface area (Å²) in [5.74, 6) is 0.0872. The van der Waals surface area contributed by atoms with E-state index < -0.39 is 15.9 Å². The zero-order valence-electron chi connectivity index (χ0n) is 14.1. The van der Waals surface area contributed by atoms with Gasteiger partial charge < -0.3 is 4.74 Å². The third kappa shape index (κ3) is 3.33. The number of nitrogens with one attached hydrogen (secondary N) is 1. The van der Waals surface area contributed by atoms with E-state index in [0.717, 1.165) is 9.87 Å². The average Bonchev–Trinajstić information content (AvgIpc) is 2.90. The lowest BCUT2D eigenvalue weighted by Gasteiger charge is -2.18. The highest BCUT2D eigenvalue weighted by Gasteiger charge is 2.39. The molecule has 1 amide bonds. The summed E-state index contributed by atoms with van der Waals surface area (Å²) >= 11 is 5.08. The number of ether oxygens (including phenoxy) is 1. The highest BCUT2D eigenvalue weighted by atomic mass is 32.2. The molecule has 0 unspecified atom stereocenters. The minimum Gasteiger partial charge on any atom is -0.497 e. The normalized spacial score (nSPS) is 16.1. The van der Waals surface area contributed by atoms with Gasteiger partial charge in [0.25, 0.3) is 15.9 Å². The molecule has 2 aromatic rings. The zero-order valence-corrected chi connectivity index (χ0v) is 15.7. The second-order valence-corrected chi connectivity index (χ2v) is 7.82. The third-order valence-corrected chi connectivity index (χ3v) is 5.96. The summed E-state index contributed by atoms with van der Waals surface area (Å²) in [7, 11) is -2.46. The van der Waals surface area contributed by atoms with Crippen LogP contribution in [0.5, 0.6) is 5.75 Å². The third-order valence-electron chi connectivity index (χ3n) is 3.83. The van der Waals surface area contributed by atoms with Crippen molar-refractivity contribution in [2.24, 2.45) is 0 Å². The topological polar surface area (TPSA) is 75.7 Å². The fourth-order valence-corrected chi connectivity index (χ4v) is 4.28. The summed E-state index contributed by atoms with van der Waals surface area (Å²) in [5, 5.41) is 2.22. The number of hydrogen-bond acceptors (Lipinski definition) is 5. The van der Waals surface area contributed by atoms with Crippen molar-refractivity contribution in [3.05, 3.63) is 65.4 Å². The number of benzene rings is 2. The van der Waals surface area contributed by atoms with Crippen LogP contribution in [0.15, 0.2) is 59.1 Å². The Balaban J connectivity index is 2.05. The summed E-state index contributed by atoms with van der Waals surface area (Å²) < 4.78 is 31.9. The summed E-state index contributed by atoms with van der Waals surface area (Å²) in [6, 6.07) is 13.2. The molecule has 6 nitrogen and oxygen atoms in total. The molecule has 1 saturated heterocycles. The summed E-state index contributed by atoms with van der Waals surface area (Å²) in [5.41, 5.74) is 1.52. The largest absolute Gasteiger partial charge is 0.497 e. The number of rotatable bonds is 4. The van der Waals surface area contributed by atoms with Gasteiger partial charge in [-0.3, -0.25) is 10.1 Å². The first kappa shape index (κ1) is 18.1. The van der Waals surface area contributed by atoms with Crippen molar-refractivity contribution in [3.8, 4) is 5.75 Å². The molecule has 134 valence electrons. The van der Waals surface area contributed by atoms with Crippen molar-refractivity contribution >= 4 is 39.3 Å². The second kappa shape index (κ2) is 6.89. The molecule has 0 atom stereocenters. The van der Waals surface area contributed by atoms with Crippen LogP contribution in [-0.4, -0.2) is 30.9 Å². The zero-order chi connectivity index (χ0) is 18.9. The van der Waals surface area contributed by atoms with E-state index in [4.69, 9.17) is 17.0 Å². The van der Waals surface area contributed by atoms with Crippen LogP contribution < -0.4 is 10.1 Å². The molecule has 1 heterocycles. The lowest BCUT2D eigenvalue weighted by molar-refractivity contribution is -0.115. The number of amides is 1. The molecule has 1 fully saturated rings. The van der Waals surface area contributed by atoms with Crippen molar-refractivity contribution < 1.29 is 17.9 Å². The minimum absolute atomic E-state index is 0.0549. The van der Waals surface area contributed by atoms with Crippen LogP contribution in [0.25, 0.3) is 6.08 Å². The van der Waals surface area contributed by atoms with Gasteiger partial charge in [-0.1, -0.05) is 29.8 Å². The lowest BCUT2D eigenvalue weighted by Crippen LogP contribution is -2.33. The van der Waals surface area contributed by atoms with Gasteiger partial charge in [0.1, 0.15) is 11.4 Å². The van der Waals surface area contributed by atoms with E-state index >= 15 is 0 Å². The van der Waals surface area contributed by atoms with Crippen molar-refractivity contribution in [2.75, 3.05) is 7.11 Å². The van der Waals surface area contributed by atoms with Gasteiger partial charge in [-0.25, -0.2) is 12.7 Å². The monoisotopic (exact) mass is 388 g/mol. The second-order valence-electron chi connectivity index (χ2n) is 5.64. The fourth-order valence-electron chi connectivity index (χ4n) is 2.45. The van der Waals surface area contributed by atoms with Crippen LogP contribution in [-0.2, 0) is 14.8 Å². The predicted octanol–water partition coefficient (Wildman–Crippen LogP) is 2.45. The number of aryl methyl sites for hydroxylation is 1. The Hall–Kier alpha value is -2.71. The molecule has 0 radical (unpaired) electrons. The Morgan fingerprint density at radius 1 is 1.08 bits per heavy atom. The average molecular weight is 388 g/mol. The summed E-state index contributed by atoms with van der Waals surface area (Å²) in [6.07, 6.45) is 1.47. The molecule has 0 spiro atoms. The lowest BCUT2D eigenvalue weighted by atomic mass is 10.2. The molecule has 2 aromatic carbocycles. The standard InChI is InChI=1S/C18H16N2O4S2/c1-12-3-9-15(10-4-12)26(22,23)20-16(17(21)19-18(20)25)11-13-5-7-14(24-2)8-6-13/h3-11H,1-2H3,(H,19,21,25)/b16-11-. The minimum atomic E-state index is -4.00. The Bertz CT molecular complexity index is 994. The Morgan fingerprint density at radius 2 is 1.69 bits per heavy atom. The van der Waals surface area contributed by atoms with Crippen molar-refractivity contribution in [1.29, 1.82) is 0 Å². The Morgan fingerprint density at radius 3 is 2.27 bits per heavy atom. The van der Waals surface area contributed by atoms with Gasteiger partial charge in [0.2, 0.25) is 0 Å². The quantitative estimate of drug-likeness (QED) is 0.643. The van der Waals surface area contributed by atoms with E-state index in [1.54, 1.807) is 43.5 Å². The first-order valence-electron chi connectivity index (χ1n) is 7.66. The SMILES string of the molecule is COc1ccc(/C=C2/C(=O)NC(=S)N2S(=O)(=O)c2ccc(C)cc2)cc1. The molecule has 0 aliphatic carbocycles. The molecule has 3 rings (SSSR count). The van der Waals surface area contributed by atoms with Gasteiger partial charge in [-0.15, -0.1) is 0 Å². The maximum absolute atomic E-state index is 13.0. The van der Waals surface area contributed by atoms with Crippen molar-refractivity contribution in [1.82, 2.24) is 9.62 Å². The number of methoxy groups -OCH3 is 1. The molecule has 0 aromatic heterocycles. The first-order valence-corrected chi connectivity index (χ1v) is 9.51. The molecule has 26 heavy (non-hydrogen) atoms. The number of carbonyl (C=O) groups excluding carboxylic acids is 1. The van der Waals surface area contributed by atoms with E-state index in [1.807, 2.05) is 6.92 Å². The van der Waals surface area contributed by atoms with Gasteiger partial charge in [-0.2, -0.15) is 0 Å². The molecular weight excluding hydrogens is 372 g/mol. The first-order chi connectivity index (χ1) is 12.3. The van der Waals surface area contributed by atoms with Crippen LogP contribution >= 0.6 is 12.2 Å². The Kier molecular flexibility index (Phi) is 4.80. The van der Waals surface area contributed by atoms with Crippen molar-refractivity contribution in [2.45, 2.75) is 11.8 Å². The maximum atomic E-state index is 13.0. The number of sulfonamides is 1. The highest BCUT2D eigenvalue weighted by molar-refractivity contribution is 7.91. The van der Waals surface area contributed by atoms with E-state index in [9.17, 15) is 13.2 Å². The van der Waals surface area contributed by atoms with Crippen LogP contribution in [0.2, 0.25) is 0 Å². The van der Waals surface area contributed by atoms with E-state index in [0.29, 0.717) is 11.3 Å². The van der Waals surface area contributed by atoms with E-state index in [-0.39, 0.29) is 15.7 Å². The molecule has 1 aliphatic heterocycles. The van der Waals surface area contributed by atoms with Gasteiger partial charge in [0.15, 0.2) is 5.11 Å². The summed E-state index contributed by atoms with van der Waals surface area (Å²) in [4.78, 5) is 12.3. The maximum Gasteiger partial charge on any atom is 0.275 e. The number of hydrogen-bond donors (Lipinski definition) is 1. The smallest absolute Gasteiger partial charge is 0.275 e.